The average molecular weight is 265 g/mol. The van der Waals surface area contributed by atoms with Gasteiger partial charge < -0.3 is 5.11 Å². The summed E-state index contributed by atoms with van der Waals surface area (Å²) < 4.78 is 14.2. The molecule has 19 heavy (non-hydrogen) atoms. The van der Waals surface area contributed by atoms with Crippen LogP contribution in [-0.4, -0.2) is 29.1 Å². The molecule has 3 nitrogen and oxygen atoms in total. The Morgan fingerprint density at radius 2 is 2.00 bits per heavy atom. The van der Waals surface area contributed by atoms with Gasteiger partial charge in [0.1, 0.15) is 5.82 Å². The Hall–Kier alpha value is -1.42. The van der Waals surface area contributed by atoms with Crippen LogP contribution in [0.3, 0.4) is 0 Å². The van der Waals surface area contributed by atoms with E-state index in [0.29, 0.717) is 12.0 Å². The van der Waals surface area contributed by atoms with E-state index in [0.717, 1.165) is 25.9 Å². The summed E-state index contributed by atoms with van der Waals surface area (Å²) in [7, 11) is 0. The van der Waals surface area contributed by atoms with Crippen molar-refractivity contribution in [3.8, 4) is 0 Å². The molecule has 0 amide bonds. The molecule has 0 bridgehead atoms. The van der Waals surface area contributed by atoms with Gasteiger partial charge in [0.25, 0.3) is 0 Å². The molecule has 1 unspecified atom stereocenters. The highest BCUT2D eigenvalue weighted by Gasteiger charge is 2.41. The first-order valence-electron chi connectivity index (χ1n) is 6.82. The fourth-order valence-corrected chi connectivity index (χ4v) is 3.15. The van der Waals surface area contributed by atoms with Crippen LogP contribution in [0.5, 0.6) is 0 Å². The van der Waals surface area contributed by atoms with Gasteiger partial charge in [-0.2, -0.15) is 0 Å². The smallest absolute Gasteiger partial charge is 0.305 e. The molecule has 4 heteroatoms. The normalized spacial score (nSPS) is 19.3. The predicted molar refractivity (Wildman–Crippen MR) is 71.4 cm³/mol. The number of aliphatic carboxylic acids is 1. The number of benzene rings is 1. The van der Waals surface area contributed by atoms with Crippen LogP contribution >= 0.6 is 0 Å². The summed E-state index contributed by atoms with van der Waals surface area (Å²) in [5.74, 6) is -1.19. The zero-order chi connectivity index (χ0) is 13.9. The molecule has 1 aliphatic heterocycles. The highest BCUT2D eigenvalue weighted by atomic mass is 19.1. The van der Waals surface area contributed by atoms with Crippen LogP contribution < -0.4 is 0 Å². The number of hydrogen-bond acceptors (Lipinski definition) is 2. The summed E-state index contributed by atoms with van der Waals surface area (Å²) in [6.45, 7) is 3.62. The van der Waals surface area contributed by atoms with Gasteiger partial charge in [-0.3, -0.25) is 9.69 Å². The first kappa shape index (κ1) is 14.0. The lowest BCUT2D eigenvalue weighted by atomic mass is 9.82. The Bertz CT molecular complexity index is 457. The zero-order valence-electron chi connectivity index (χ0n) is 11.2. The van der Waals surface area contributed by atoms with Gasteiger partial charge in [-0.05, 0) is 38.4 Å². The Balaban J connectivity index is 2.48. The van der Waals surface area contributed by atoms with Crippen molar-refractivity contribution in [2.24, 2.45) is 0 Å². The largest absolute Gasteiger partial charge is 0.481 e. The fourth-order valence-electron chi connectivity index (χ4n) is 3.15. The van der Waals surface area contributed by atoms with Crippen molar-refractivity contribution in [3.63, 3.8) is 0 Å². The van der Waals surface area contributed by atoms with Gasteiger partial charge in [0, 0.05) is 5.56 Å². The van der Waals surface area contributed by atoms with Crippen LogP contribution in [0.2, 0.25) is 0 Å². The van der Waals surface area contributed by atoms with Gasteiger partial charge >= 0.3 is 5.97 Å². The molecule has 1 aromatic carbocycles. The molecule has 1 atom stereocenters. The third-order valence-electron chi connectivity index (χ3n) is 4.12. The SMILES string of the molecule is CCC(CC(=O)O)(c1ccccc1F)N1CCCC1. The first-order chi connectivity index (χ1) is 9.10. The number of halogens is 1. The number of carboxylic acid groups (broad SMARTS) is 1. The zero-order valence-corrected chi connectivity index (χ0v) is 11.2. The van der Waals surface area contributed by atoms with Crippen molar-refractivity contribution in [1.29, 1.82) is 0 Å². The summed E-state index contributed by atoms with van der Waals surface area (Å²) in [5.41, 5.74) is -0.199. The lowest BCUT2D eigenvalue weighted by molar-refractivity contribution is -0.140. The third kappa shape index (κ3) is 2.63. The van der Waals surface area contributed by atoms with E-state index in [9.17, 15) is 14.3 Å². The molecule has 1 heterocycles. The Kier molecular flexibility index (Phi) is 4.20. The van der Waals surface area contributed by atoms with Crippen molar-refractivity contribution >= 4 is 5.97 Å². The first-order valence-corrected chi connectivity index (χ1v) is 6.82. The van der Waals surface area contributed by atoms with Gasteiger partial charge in [0.15, 0.2) is 0 Å². The van der Waals surface area contributed by atoms with E-state index in [1.807, 2.05) is 6.92 Å². The summed E-state index contributed by atoms with van der Waals surface area (Å²) >= 11 is 0. The molecule has 0 spiro atoms. The number of carbonyl (C=O) groups is 1. The maximum atomic E-state index is 14.2. The van der Waals surface area contributed by atoms with Gasteiger partial charge in [-0.1, -0.05) is 25.1 Å². The lowest BCUT2D eigenvalue weighted by Gasteiger charge is -2.41. The van der Waals surface area contributed by atoms with Crippen LogP contribution in [-0.2, 0) is 10.3 Å². The molecule has 0 saturated carbocycles. The van der Waals surface area contributed by atoms with Crippen molar-refractivity contribution in [3.05, 3.63) is 35.6 Å². The van der Waals surface area contributed by atoms with Crippen LogP contribution in [0.4, 0.5) is 4.39 Å². The van der Waals surface area contributed by atoms with Crippen molar-refractivity contribution < 1.29 is 14.3 Å². The second-order valence-electron chi connectivity index (χ2n) is 5.13. The number of carboxylic acids is 1. The van der Waals surface area contributed by atoms with Gasteiger partial charge in [-0.25, -0.2) is 4.39 Å². The van der Waals surface area contributed by atoms with Gasteiger partial charge in [0.05, 0.1) is 12.0 Å². The lowest BCUT2D eigenvalue weighted by Crippen LogP contribution is -2.46. The molecule has 0 aliphatic carbocycles. The van der Waals surface area contributed by atoms with E-state index < -0.39 is 11.5 Å². The van der Waals surface area contributed by atoms with Crippen molar-refractivity contribution in [2.75, 3.05) is 13.1 Å². The van der Waals surface area contributed by atoms with Crippen LogP contribution in [0.15, 0.2) is 24.3 Å². The third-order valence-corrected chi connectivity index (χ3v) is 4.12. The molecule has 2 rings (SSSR count). The van der Waals surface area contributed by atoms with Crippen LogP contribution in [0.1, 0.15) is 38.2 Å². The molecule has 1 fully saturated rings. The maximum Gasteiger partial charge on any atom is 0.305 e. The number of likely N-dealkylation sites (tertiary alicyclic amines) is 1. The van der Waals surface area contributed by atoms with E-state index in [1.54, 1.807) is 18.2 Å². The molecule has 1 N–H and O–H groups in total. The molecule has 1 aromatic rings. The minimum absolute atomic E-state index is 0.0512. The summed E-state index contributed by atoms with van der Waals surface area (Å²) in [5, 5.41) is 9.24. The quantitative estimate of drug-likeness (QED) is 0.889. The highest BCUT2D eigenvalue weighted by Crippen LogP contribution is 2.39. The molecular formula is C15H20FNO2. The monoisotopic (exact) mass is 265 g/mol. The molecular weight excluding hydrogens is 245 g/mol. The summed E-state index contributed by atoms with van der Waals surface area (Å²) in [6, 6.07) is 6.56. The van der Waals surface area contributed by atoms with Crippen LogP contribution in [0.25, 0.3) is 0 Å². The van der Waals surface area contributed by atoms with E-state index in [2.05, 4.69) is 4.90 Å². The number of rotatable bonds is 5. The van der Waals surface area contributed by atoms with E-state index in [1.165, 1.54) is 6.07 Å². The molecule has 1 aliphatic rings. The molecule has 104 valence electrons. The fraction of sp³-hybridized carbons (Fsp3) is 0.533. The standard InChI is InChI=1S/C15H20FNO2/c1-2-15(11-14(18)19,17-9-5-6-10-17)12-7-3-4-8-13(12)16/h3-4,7-8H,2,5-6,9-11H2,1H3,(H,18,19). The highest BCUT2D eigenvalue weighted by molar-refractivity contribution is 5.69. The predicted octanol–water partition coefficient (Wildman–Crippen LogP) is 3.00. The Labute approximate surface area is 113 Å². The van der Waals surface area contributed by atoms with E-state index in [4.69, 9.17) is 0 Å². The topological polar surface area (TPSA) is 40.5 Å². The van der Waals surface area contributed by atoms with Gasteiger partial charge in [-0.15, -0.1) is 0 Å². The van der Waals surface area contributed by atoms with Crippen LogP contribution in [0, 0.1) is 5.82 Å². The Morgan fingerprint density at radius 3 is 2.53 bits per heavy atom. The maximum absolute atomic E-state index is 14.2. The number of nitrogens with zero attached hydrogens (tertiary/aromatic N) is 1. The molecule has 0 radical (unpaired) electrons. The second kappa shape index (κ2) is 5.70. The molecule has 0 aromatic heterocycles. The Morgan fingerprint density at radius 1 is 1.37 bits per heavy atom. The minimum Gasteiger partial charge on any atom is -0.481 e. The average Bonchev–Trinajstić information content (AvgIpc) is 2.91. The summed E-state index contributed by atoms with van der Waals surface area (Å²) in [6.07, 6.45) is 2.65. The second-order valence-corrected chi connectivity index (χ2v) is 5.13. The molecule has 1 saturated heterocycles. The van der Waals surface area contributed by atoms with Gasteiger partial charge in [0.2, 0.25) is 0 Å². The summed E-state index contributed by atoms with van der Waals surface area (Å²) in [4.78, 5) is 13.4. The van der Waals surface area contributed by atoms with E-state index >= 15 is 0 Å². The van der Waals surface area contributed by atoms with Crippen molar-refractivity contribution in [2.45, 2.75) is 38.1 Å². The van der Waals surface area contributed by atoms with Crippen molar-refractivity contribution in [1.82, 2.24) is 4.90 Å². The van der Waals surface area contributed by atoms with E-state index in [-0.39, 0.29) is 12.2 Å². The number of hydrogen-bond donors (Lipinski definition) is 1. The minimum atomic E-state index is -0.878.